The number of methoxy groups -OCH3 is 1. The number of halogens is 1. The lowest BCUT2D eigenvalue weighted by Crippen LogP contribution is -2.21. The molecule has 0 aliphatic heterocycles. The molecule has 19 heavy (non-hydrogen) atoms. The van der Waals surface area contributed by atoms with Crippen molar-refractivity contribution in [3.8, 4) is 5.75 Å². The van der Waals surface area contributed by atoms with Gasteiger partial charge < -0.3 is 10.5 Å². The molecule has 2 atom stereocenters. The van der Waals surface area contributed by atoms with Crippen LogP contribution in [0.5, 0.6) is 5.75 Å². The van der Waals surface area contributed by atoms with Crippen LogP contribution >= 0.6 is 34.7 Å². The monoisotopic (exact) mass is 313 g/mol. The van der Waals surface area contributed by atoms with E-state index in [1.54, 1.807) is 30.2 Å². The van der Waals surface area contributed by atoms with Gasteiger partial charge in [-0.2, -0.15) is 0 Å². The van der Waals surface area contributed by atoms with Crippen LogP contribution in [-0.2, 0) is 0 Å². The molecule has 2 nitrogen and oxygen atoms in total. The lowest BCUT2D eigenvalue weighted by atomic mass is 10.2. The molecular formula is C14H16ClNOS2. The lowest BCUT2D eigenvalue weighted by molar-refractivity contribution is 0.414. The Morgan fingerprint density at radius 1 is 1.21 bits per heavy atom. The van der Waals surface area contributed by atoms with E-state index in [2.05, 4.69) is 6.07 Å². The summed E-state index contributed by atoms with van der Waals surface area (Å²) in [7, 11) is 1.67. The van der Waals surface area contributed by atoms with Gasteiger partial charge in [0.15, 0.2) is 0 Å². The van der Waals surface area contributed by atoms with E-state index in [4.69, 9.17) is 22.1 Å². The number of thioether (sulfide) groups is 1. The van der Waals surface area contributed by atoms with Crippen molar-refractivity contribution in [1.82, 2.24) is 0 Å². The normalized spacial score (nSPS) is 14.1. The topological polar surface area (TPSA) is 35.2 Å². The molecule has 0 amide bonds. The Morgan fingerprint density at radius 3 is 2.37 bits per heavy atom. The van der Waals surface area contributed by atoms with Gasteiger partial charge in [-0.15, -0.1) is 23.1 Å². The van der Waals surface area contributed by atoms with Crippen LogP contribution in [0.15, 0.2) is 41.3 Å². The minimum Gasteiger partial charge on any atom is -0.497 e. The minimum absolute atomic E-state index is 0.0572. The van der Waals surface area contributed by atoms with Crippen molar-refractivity contribution in [2.75, 3.05) is 7.11 Å². The van der Waals surface area contributed by atoms with Crippen molar-refractivity contribution < 1.29 is 4.74 Å². The first-order chi connectivity index (χ1) is 9.10. The van der Waals surface area contributed by atoms with E-state index in [1.165, 1.54) is 9.77 Å². The third-order valence-corrected chi connectivity index (χ3v) is 5.62. The molecule has 2 N–H and O–H groups in total. The van der Waals surface area contributed by atoms with Gasteiger partial charge in [-0.3, -0.25) is 0 Å². The Balaban J connectivity index is 2.16. The molecule has 0 saturated carbocycles. The number of benzene rings is 1. The predicted octanol–water partition coefficient (Wildman–Crippen LogP) is 4.59. The summed E-state index contributed by atoms with van der Waals surface area (Å²) in [5.41, 5.74) is 6.10. The van der Waals surface area contributed by atoms with Crippen molar-refractivity contribution >= 4 is 34.7 Å². The Morgan fingerprint density at radius 2 is 1.89 bits per heavy atom. The van der Waals surface area contributed by atoms with Gasteiger partial charge in [0.1, 0.15) is 5.75 Å². The van der Waals surface area contributed by atoms with Crippen LogP contribution in [0.1, 0.15) is 17.1 Å². The highest BCUT2D eigenvalue weighted by molar-refractivity contribution is 7.99. The molecule has 0 radical (unpaired) electrons. The summed E-state index contributed by atoms with van der Waals surface area (Å²) in [4.78, 5) is 2.38. The summed E-state index contributed by atoms with van der Waals surface area (Å²) in [6.07, 6.45) is 0. The number of hydrogen-bond donors (Lipinski definition) is 1. The van der Waals surface area contributed by atoms with Crippen LogP contribution < -0.4 is 10.5 Å². The van der Waals surface area contributed by atoms with Gasteiger partial charge in [0, 0.05) is 15.8 Å². The van der Waals surface area contributed by atoms with E-state index < -0.39 is 0 Å². The highest BCUT2D eigenvalue weighted by Crippen LogP contribution is 2.41. The average molecular weight is 314 g/mol. The Kier molecular flexibility index (Phi) is 5.16. The van der Waals surface area contributed by atoms with E-state index in [0.29, 0.717) is 0 Å². The van der Waals surface area contributed by atoms with Crippen molar-refractivity contribution in [3.63, 3.8) is 0 Å². The fourth-order valence-corrected chi connectivity index (χ4v) is 4.15. The molecule has 2 unspecified atom stereocenters. The fraction of sp³-hybridized carbons (Fsp3) is 0.286. The molecule has 0 aliphatic carbocycles. The van der Waals surface area contributed by atoms with Crippen LogP contribution in [0.4, 0.5) is 0 Å². The van der Waals surface area contributed by atoms with Crippen molar-refractivity contribution in [3.05, 3.63) is 45.6 Å². The maximum atomic E-state index is 6.10. The molecule has 0 aliphatic rings. The summed E-state index contributed by atoms with van der Waals surface area (Å²) < 4.78 is 5.96. The molecule has 5 heteroatoms. The zero-order chi connectivity index (χ0) is 13.8. The zero-order valence-corrected chi connectivity index (χ0v) is 13.2. The second-order valence-electron chi connectivity index (χ2n) is 4.21. The molecule has 1 aromatic heterocycles. The molecule has 102 valence electrons. The Bertz CT molecular complexity index is 524. The van der Waals surface area contributed by atoms with E-state index in [1.807, 2.05) is 37.3 Å². The highest BCUT2D eigenvalue weighted by Gasteiger charge is 2.19. The van der Waals surface area contributed by atoms with Crippen LogP contribution in [-0.4, -0.2) is 13.2 Å². The SMILES string of the molecule is COc1ccc(SC(c2ccc(Cl)s2)C(C)N)cc1. The predicted molar refractivity (Wildman–Crippen MR) is 84.6 cm³/mol. The summed E-state index contributed by atoms with van der Waals surface area (Å²) in [5.74, 6) is 0.862. The van der Waals surface area contributed by atoms with Crippen molar-refractivity contribution in [2.45, 2.75) is 23.1 Å². The van der Waals surface area contributed by atoms with Crippen molar-refractivity contribution in [1.29, 1.82) is 0 Å². The van der Waals surface area contributed by atoms with Crippen LogP contribution in [0.3, 0.4) is 0 Å². The van der Waals surface area contributed by atoms with Gasteiger partial charge in [0.25, 0.3) is 0 Å². The largest absolute Gasteiger partial charge is 0.497 e. The van der Waals surface area contributed by atoms with E-state index in [9.17, 15) is 0 Å². The summed E-state index contributed by atoms with van der Waals surface area (Å²) in [6.45, 7) is 2.02. The molecule has 0 spiro atoms. The van der Waals surface area contributed by atoms with Gasteiger partial charge in [-0.05, 0) is 43.3 Å². The molecule has 0 saturated heterocycles. The maximum absolute atomic E-state index is 6.10. The first-order valence-corrected chi connectivity index (χ1v) is 7.99. The third kappa shape index (κ3) is 3.89. The zero-order valence-electron chi connectivity index (χ0n) is 10.8. The number of thiophene rings is 1. The number of ether oxygens (including phenoxy) is 1. The number of rotatable bonds is 5. The Hall–Kier alpha value is -0.680. The maximum Gasteiger partial charge on any atom is 0.118 e. The van der Waals surface area contributed by atoms with Crippen molar-refractivity contribution in [2.24, 2.45) is 5.73 Å². The number of nitrogens with two attached hydrogens (primary N) is 1. The first-order valence-electron chi connectivity index (χ1n) is 5.91. The van der Waals surface area contributed by atoms with E-state index in [-0.39, 0.29) is 11.3 Å². The molecule has 2 rings (SSSR count). The smallest absolute Gasteiger partial charge is 0.118 e. The van der Waals surface area contributed by atoms with Gasteiger partial charge in [-0.1, -0.05) is 11.6 Å². The molecule has 0 bridgehead atoms. The van der Waals surface area contributed by atoms with E-state index in [0.717, 1.165) is 10.1 Å². The standard InChI is InChI=1S/C14H16ClNOS2/c1-9(16)14(12-7-8-13(15)19-12)18-11-5-3-10(17-2)4-6-11/h3-9,14H,16H2,1-2H3. The first kappa shape index (κ1) is 14.7. The van der Waals surface area contributed by atoms with Crippen LogP contribution in [0.2, 0.25) is 4.34 Å². The summed E-state index contributed by atoms with van der Waals surface area (Å²) in [6, 6.07) is 12.1. The molecule has 0 fully saturated rings. The van der Waals surface area contributed by atoms with Gasteiger partial charge in [0.2, 0.25) is 0 Å². The van der Waals surface area contributed by atoms with Gasteiger partial charge in [0.05, 0.1) is 16.7 Å². The second-order valence-corrected chi connectivity index (χ2v) is 7.18. The second kappa shape index (κ2) is 6.66. The quantitative estimate of drug-likeness (QED) is 0.820. The minimum atomic E-state index is 0.0572. The summed E-state index contributed by atoms with van der Waals surface area (Å²) in [5, 5.41) is 0.214. The molecule has 1 aromatic carbocycles. The highest BCUT2D eigenvalue weighted by atomic mass is 35.5. The van der Waals surface area contributed by atoms with Gasteiger partial charge >= 0.3 is 0 Å². The van der Waals surface area contributed by atoms with E-state index >= 15 is 0 Å². The molecular weight excluding hydrogens is 298 g/mol. The van der Waals surface area contributed by atoms with Crippen LogP contribution in [0.25, 0.3) is 0 Å². The van der Waals surface area contributed by atoms with Gasteiger partial charge in [-0.25, -0.2) is 0 Å². The molecule has 2 aromatic rings. The molecule has 1 heterocycles. The van der Waals surface area contributed by atoms with Crippen LogP contribution in [0, 0.1) is 0 Å². The fourth-order valence-electron chi connectivity index (χ4n) is 1.71. The summed E-state index contributed by atoms with van der Waals surface area (Å²) >= 11 is 9.35. The Labute approximate surface area is 126 Å². The third-order valence-electron chi connectivity index (χ3n) is 2.67. The lowest BCUT2D eigenvalue weighted by Gasteiger charge is -2.19. The average Bonchev–Trinajstić information content (AvgIpc) is 2.82. The number of hydrogen-bond acceptors (Lipinski definition) is 4.